The Hall–Kier alpha value is -1.86. The summed E-state index contributed by atoms with van der Waals surface area (Å²) >= 11 is 0. The summed E-state index contributed by atoms with van der Waals surface area (Å²) in [6, 6.07) is 10.1. The van der Waals surface area contributed by atoms with Crippen molar-refractivity contribution in [1.82, 2.24) is 39.0 Å². The first-order chi connectivity index (χ1) is 25.5. The molecule has 5 aromatic rings. The van der Waals surface area contributed by atoms with Crippen molar-refractivity contribution in [2.24, 2.45) is 0 Å². The second-order valence-electron chi connectivity index (χ2n) is 12.4. The standard InChI is InChI=1S/C19H24N6O6P.C10H13N5O5P.2Na.2H/c1-28-15-14-12(9-29-32(26,27)31-14)30-18(15)25-17-13(16(20)22-10-23-17)24-19(25)21-8-7-11-5-3-2-4-6-11;11-9-8-10(13-3-12-9)15(4-14-8)7-1-5-6(19-7)2-18-21(16,17)20-5;;;;/h2-6,10,12,14-15,18,26-27H,7-9H2,1H3,(H,21,24)(H2,20,22,23);3-7,16-17H,1-2H2,(H2,11,12,13);;;;/q4*+1;2*-1/t12-,14-,15?,18-;5-,6+,7?;;;;/m10..../s1. The molecule has 0 saturated carbocycles. The molecule has 26 heteroatoms. The van der Waals surface area contributed by atoms with Crippen molar-refractivity contribution >= 4 is 56.3 Å². The zero-order valence-electron chi connectivity index (χ0n) is 32.0. The van der Waals surface area contributed by atoms with Gasteiger partial charge in [-0.2, -0.15) is 28.6 Å². The van der Waals surface area contributed by atoms with Gasteiger partial charge in [0.2, 0.25) is 5.95 Å². The van der Waals surface area contributed by atoms with Crippen LogP contribution in [0.2, 0.25) is 0 Å². The Morgan fingerprint density at radius 2 is 1.53 bits per heavy atom. The molecule has 4 aliphatic heterocycles. The fraction of sp³-hybridized carbons (Fsp3) is 0.448. The minimum Gasteiger partial charge on any atom is -1.00 e. The first kappa shape index (κ1) is 42.7. The number of ether oxygens (including phenoxy) is 3. The van der Waals surface area contributed by atoms with E-state index >= 15 is 0 Å². The predicted molar refractivity (Wildman–Crippen MR) is 188 cm³/mol. The second-order valence-corrected chi connectivity index (χ2v) is 15.3. The van der Waals surface area contributed by atoms with Gasteiger partial charge in [-0.1, -0.05) is 30.3 Å². The molecule has 0 aliphatic carbocycles. The number of nitrogens with one attached hydrogen (secondary N) is 1. The summed E-state index contributed by atoms with van der Waals surface area (Å²) in [7, 11) is -6.14. The van der Waals surface area contributed by atoms with Crippen LogP contribution in [0.1, 0.15) is 27.3 Å². The third-order valence-corrected chi connectivity index (χ3v) is 11.1. The van der Waals surface area contributed by atoms with E-state index in [1.165, 1.54) is 25.3 Å². The molecule has 22 nitrogen and oxygen atoms in total. The molecule has 55 heavy (non-hydrogen) atoms. The summed E-state index contributed by atoms with van der Waals surface area (Å²) in [4.78, 5) is 63.9. The monoisotopic (exact) mass is 825 g/mol. The number of methoxy groups -OCH3 is 1. The number of benzene rings is 1. The summed E-state index contributed by atoms with van der Waals surface area (Å²) in [5.74, 6) is 1.01. The van der Waals surface area contributed by atoms with Crippen molar-refractivity contribution in [3.05, 3.63) is 54.9 Å². The first-order valence-electron chi connectivity index (χ1n) is 16.4. The number of nitrogens with zero attached hydrogens (tertiary/aromatic N) is 8. The van der Waals surface area contributed by atoms with Gasteiger partial charge >= 0.3 is 75.5 Å². The van der Waals surface area contributed by atoms with Gasteiger partial charge in [-0.05, 0) is 12.0 Å². The summed E-state index contributed by atoms with van der Waals surface area (Å²) < 4.78 is 41.5. The second kappa shape index (κ2) is 17.6. The summed E-state index contributed by atoms with van der Waals surface area (Å²) in [6.07, 6.45) is 1.59. The first-order valence-corrected chi connectivity index (χ1v) is 19.4. The molecular weight excluding hydrogens is 786 g/mol. The van der Waals surface area contributed by atoms with E-state index in [1.54, 1.807) is 15.5 Å². The van der Waals surface area contributed by atoms with E-state index in [9.17, 15) is 19.6 Å². The fourth-order valence-electron chi connectivity index (χ4n) is 6.63. The number of hydrogen-bond acceptors (Lipinski definition) is 20. The summed E-state index contributed by atoms with van der Waals surface area (Å²) in [5.41, 5.74) is 14.9. The molecule has 9 N–H and O–H groups in total. The Balaban J connectivity index is 0.000000253. The van der Waals surface area contributed by atoms with Crippen LogP contribution in [0.25, 0.3) is 22.3 Å². The van der Waals surface area contributed by atoms with Gasteiger partial charge in [-0.15, -0.1) is 9.05 Å². The van der Waals surface area contributed by atoms with Crippen LogP contribution in [-0.4, -0.2) is 116 Å². The van der Waals surface area contributed by atoms with Crippen molar-refractivity contribution in [3.8, 4) is 0 Å². The number of anilines is 3. The number of nitrogens with two attached hydrogens (primary N) is 2. The van der Waals surface area contributed by atoms with Gasteiger partial charge in [0.1, 0.15) is 62.0 Å². The van der Waals surface area contributed by atoms with Crippen molar-refractivity contribution in [3.63, 3.8) is 0 Å². The molecule has 0 radical (unpaired) electrons. The van der Waals surface area contributed by atoms with Crippen LogP contribution in [0.5, 0.6) is 0 Å². The van der Waals surface area contributed by atoms with E-state index < -0.39 is 47.0 Å². The molecule has 4 aromatic heterocycles. The van der Waals surface area contributed by atoms with Crippen molar-refractivity contribution in [2.45, 2.75) is 55.8 Å². The average molecular weight is 826 g/mol. The van der Waals surface area contributed by atoms with Gasteiger partial charge in [0.05, 0.1) is 6.33 Å². The minimum absolute atomic E-state index is 0. The summed E-state index contributed by atoms with van der Waals surface area (Å²) in [6.45, 7) is 0.632. The molecule has 0 amide bonds. The fourth-order valence-corrected chi connectivity index (χ4v) is 8.58. The molecule has 1 aromatic carbocycles. The number of imidazole rings is 2. The molecule has 4 fully saturated rings. The van der Waals surface area contributed by atoms with E-state index in [1.807, 2.05) is 18.2 Å². The van der Waals surface area contributed by atoms with Gasteiger partial charge in [0.15, 0.2) is 40.8 Å². The largest absolute Gasteiger partial charge is 1.00 e. The van der Waals surface area contributed by atoms with E-state index in [4.69, 9.17) is 43.8 Å². The Morgan fingerprint density at radius 1 is 0.855 bits per heavy atom. The molecule has 0 spiro atoms. The van der Waals surface area contributed by atoms with Crippen LogP contribution >= 0.6 is 16.3 Å². The quantitative estimate of drug-likeness (QED) is 0.0598. The molecule has 7 atom stereocenters. The van der Waals surface area contributed by atoms with Crippen LogP contribution in [0.3, 0.4) is 0 Å². The number of rotatable bonds is 7. The minimum atomic E-state index is -3.93. The van der Waals surface area contributed by atoms with Crippen LogP contribution in [0, 0.1) is 0 Å². The van der Waals surface area contributed by atoms with Gasteiger partial charge in [-0.25, -0.2) is 29.9 Å². The smallest absolute Gasteiger partial charge is 1.00 e. The molecule has 8 heterocycles. The van der Waals surface area contributed by atoms with Gasteiger partial charge < -0.3 is 33.8 Å². The van der Waals surface area contributed by atoms with Crippen LogP contribution < -0.4 is 75.9 Å². The number of fused-ring (bicyclic) bond motifs is 4. The Labute approximate surface area is 361 Å². The van der Waals surface area contributed by atoms with Gasteiger partial charge in [0.25, 0.3) is 0 Å². The number of aromatic nitrogens is 8. The van der Waals surface area contributed by atoms with Gasteiger partial charge in [0, 0.05) is 20.1 Å². The number of hydrogen-bond donors (Lipinski definition) is 7. The van der Waals surface area contributed by atoms with E-state index in [-0.39, 0.29) is 93.3 Å². The maximum absolute atomic E-state index is 9.88. The van der Waals surface area contributed by atoms with Crippen LogP contribution in [0.4, 0.5) is 17.6 Å². The molecule has 4 saturated heterocycles. The topological polar surface area (TPSA) is 297 Å². The van der Waals surface area contributed by atoms with Crippen molar-refractivity contribution < 1.29 is 114 Å². The van der Waals surface area contributed by atoms with Crippen LogP contribution in [-0.2, 0) is 38.7 Å². The van der Waals surface area contributed by atoms with Crippen molar-refractivity contribution in [1.29, 1.82) is 0 Å². The zero-order chi connectivity index (χ0) is 36.9. The molecule has 4 aliphatic rings. The molecule has 286 valence electrons. The van der Waals surface area contributed by atoms with Gasteiger partial charge in [-0.3, -0.25) is 9.13 Å². The molecule has 2 unspecified atom stereocenters. The zero-order valence-corrected chi connectivity index (χ0v) is 35.8. The SMILES string of the molecule is COC1[C@H](n2c(NCCc3ccccc3)nc3c(N)ncnc32)O[C@@H]2CO[P+](O)(O)O[C@@H]12.Nc1ncnc2c1ncn2C1C[C@@H]2O[P+](O)(O)OC[C@H]2O1.[H-].[H-].[Na+].[Na+]. The average Bonchev–Trinajstić information content (AvgIpc) is 3.91. The Morgan fingerprint density at radius 3 is 2.25 bits per heavy atom. The molecular formula is C29H39N11Na2O11P2+2. The van der Waals surface area contributed by atoms with E-state index in [0.29, 0.717) is 47.1 Å². The third-order valence-electron chi connectivity index (χ3n) is 9.08. The molecule has 0 bridgehead atoms. The Bertz CT molecular complexity index is 2100. The maximum atomic E-state index is 9.88. The number of nitrogen functional groups attached to an aromatic ring is 2. The van der Waals surface area contributed by atoms with Crippen LogP contribution in [0.15, 0.2) is 49.3 Å². The van der Waals surface area contributed by atoms with Crippen molar-refractivity contribution in [2.75, 3.05) is 43.7 Å². The molecule has 9 rings (SSSR count). The maximum Gasteiger partial charge on any atom is 1.00 e. The van der Waals surface area contributed by atoms with E-state index in [0.717, 1.165) is 6.42 Å². The predicted octanol–water partition coefficient (Wildman–Crippen LogP) is -4.94. The normalized spacial score (nSPS) is 27.6. The third kappa shape index (κ3) is 8.93. The summed E-state index contributed by atoms with van der Waals surface area (Å²) in [5, 5.41) is 3.33. The van der Waals surface area contributed by atoms with E-state index in [2.05, 4.69) is 47.4 Å². The Kier molecular flexibility index (Phi) is 13.6.